The van der Waals surface area contributed by atoms with Crippen LogP contribution in [0.3, 0.4) is 0 Å². The number of β-amino-alcohol motifs (C(OH)–C–C–N with tert-alkyl or cyclic N) is 1. The summed E-state index contributed by atoms with van der Waals surface area (Å²) >= 11 is 0. The number of rotatable bonds is 5. The van der Waals surface area contributed by atoms with Crippen LogP contribution in [0.5, 0.6) is 5.75 Å². The number of anilines is 1. The number of benzene rings is 1. The number of nitro benzene ring substituents is 1. The molecule has 1 aromatic rings. The minimum atomic E-state index is -0.422. The van der Waals surface area contributed by atoms with Gasteiger partial charge in [0.1, 0.15) is 5.75 Å². The summed E-state index contributed by atoms with van der Waals surface area (Å²) in [6.07, 6.45) is 1.17. The topological polar surface area (TPSA) is 75.8 Å². The maximum Gasteiger partial charge on any atom is 0.275 e. The van der Waals surface area contributed by atoms with Crippen molar-refractivity contribution in [2.45, 2.75) is 25.9 Å². The molecular weight excluding hydrogens is 248 g/mol. The van der Waals surface area contributed by atoms with E-state index in [1.807, 2.05) is 11.8 Å². The summed E-state index contributed by atoms with van der Waals surface area (Å²) in [7, 11) is 0. The molecule has 0 aromatic heterocycles. The number of hydrogen-bond acceptors (Lipinski definition) is 5. The molecule has 0 bridgehead atoms. The van der Waals surface area contributed by atoms with Crippen molar-refractivity contribution < 1.29 is 14.8 Å². The van der Waals surface area contributed by atoms with Crippen molar-refractivity contribution in [2.24, 2.45) is 0 Å². The predicted molar refractivity (Wildman–Crippen MR) is 71.7 cm³/mol. The van der Waals surface area contributed by atoms with Crippen molar-refractivity contribution >= 4 is 11.4 Å². The van der Waals surface area contributed by atoms with E-state index in [0.717, 1.165) is 12.1 Å². The first kappa shape index (κ1) is 13.6. The number of hydrogen-bond donors (Lipinski definition) is 1. The SMILES string of the molecule is CCCOc1cc(N2CC[C@H](O)C2)cc([N+](=O)[O-])c1. The van der Waals surface area contributed by atoms with Gasteiger partial charge >= 0.3 is 0 Å². The van der Waals surface area contributed by atoms with Crippen LogP contribution >= 0.6 is 0 Å². The predicted octanol–water partition coefficient (Wildman–Crippen LogP) is 1.95. The van der Waals surface area contributed by atoms with Crippen molar-refractivity contribution in [3.8, 4) is 5.75 Å². The third-order valence-corrected chi connectivity index (χ3v) is 3.09. The highest BCUT2D eigenvalue weighted by Crippen LogP contribution is 2.30. The van der Waals surface area contributed by atoms with Crippen LogP contribution in [0.4, 0.5) is 11.4 Å². The molecule has 0 saturated carbocycles. The van der Waals surface area contributed by atoms with Gasteiger partial charge in [0, 0.05) is 30.9 Å². The van der Waals surface area contributed by atoms with Gasteiger partial charge in [0.05, 0.1) is 23.7 Å². The molecule has 1 saturated heterocycles. The van der Waals surface area contributed by atoms with Gasteiger partial charge in [-0.25, -0.2) is 0 Å². The molecule has 0 radical (unpaired) electrons. The second-order valence-electron chi connectivity index (χ2n) is 4.68. The first-order valence-corrected chi connectivity index (χ1v) is 6.45. The van der Waals surface area contributed by atoms with Crippen molar-refractivity contribution in [1.82, 2.24) is 0 Å². The van der Waals surface area contributed by atoms with Gasteiger partial charge in [0.15, 0.2) is 0 Å². The van der Waals surface area contributed by atoms with E-state index in [2.05, 4.69) is 0 Å². The lowest BCUT2D eigenvalue weighted by molar-refractivity contribution is -0.384. The molecule has 1 aliphatic rings. The Morgan fingerprint density at radius 3 is 2.89 bits per heavy atom. The summed E-state index contributed by atoms with van der Waals surface area (Å²) in [6, 6.07) is 4.75. The van der Waals surface area contributed by atoms with Gasteiger partial charge in [0.2, 0.25) is 0 Å². The molecule has 0 amide bonds. The van der Waals surface area contributed by atoms with E-state index in [-0.39, 0.29) is 11.8 Å². The Balaban J connectivity index is 2.25. The summed E-state index contributed by atoms with van der Waals surface area (Å²) in [5, 5.41) is 20.5. The molecular formula is C13H18N2O4. The summed E-state index contributed by atoms with van der Waals surface area (Å²) in [4.78, 5) is 12.5. The molecule has 0 unspecified atom stereocenters. The maximum absolute atomic E-state index is 10.9. The second kappa shape index (κ2) is 5.88. The van der Waals surface area contributed by atoms with E-state index in [0.29, 0.717) is 31.9 Å². The van der Waals surface area contributed by atoms with Crippen LogP contribution in [0.1, 0.15) is 19.8 Å². The van der Waals surface area contributed by atoms with Crippen LogP contribution in [0.2, 0.25) is 0 Å². The van der Waals surface area contributed by atoms with Gasteiger partial charge in [-0.3, -0.25) is 10.1 Å². The molecule has 1 aromatic carbocycles. The van der Waals surface area contributed by atoms with Crippen LogP contribution in [-0.4, -0.2) is 35.8 Å². The Morgan fingerprint density at radius 2 is 2.32 bits per heavy atom. The fourth-order valence-electron chi connectivity index (χ4n) is 2.14. The molecule has 1 aliphatic heterocycles. The molecule has 2 rings (SSSR count). The fraction of sp³-hybridized carbons (Fsp3) is 0.538. The lowest BCUT2D eigenvalue weighted by Crippen LogP contribution is -2.21. The largest absolute Gasteiger partial charge is 0.493 e. The minimum absolute atomic E-state index is 0.0185. The average molecular weight is 266 g/mol. The molecule has 19 heavy (non-hydrogen) atoms. The summed E-state index contributed by atoms with van der Waals surface area (Å²) in [5.41, 5.74) is 0.752. The minimum Gasteiger partial charge on any atom is -0.493 e. The van der Waals surface area contributed by atoms with E-state index in [1.165, 1.54) is 12.1 Å². The molecule has 1 N–H and O–H groups in total. The number of nitrogens with zero attached hydrogens (tertiary/aromatic N) is 2. The van der Waals surface area contributed by atoms with E-state index >= 15 is 0 Å². The molecule has 1 heterocycles. The van der Waals surface area contributed by atoms with Crippen molar-refractivity contribution in [1.29, 1.82) is 0 Å². The summed E-state index contributed by atoms with van der Waals surface area (Å²) in [6.45, 7) is 3.72. The van der Waals surface area contributed by atoms with Crippen LogP contribution < -0.4 is 9.64 Å². The zero-order chi connectivity index (χ0) is 13.8. The first-order chi connectivity index (χ1) is 9.10. The Bertz CT molecular complexity index is 464. The lowest BCUT2D eigenvalue weighted by atomic mass is 10.2. The van der Waals surface area contributed by atoms with E-state index in [9.17, 15) is 15.2 Å². The van der Waals surface area contributed by atoms with Crippen LogP contribution in [0.15, 0.2) is 18.2 Å². The van der Waals surface area contributed by atoms with Gasteiger partial charge in [-0.2, -0.15) is 0 Å². The van der Waals surface area contributed by atoms with Crippen molar-refractivity contribution in [3.63, 3.8) is 0 Å². The third-order valence-electron chi connectivity index (χ3n) is 3.09. The van der Waals surface area contributed by atoms with E-state index in [4.69, 9.17) is 4.74 Å². The van der Waals surface area contributed by atoms with Gasteiger partial charge < -0.3 is 14.7 Å². The van der Waals surface area contributed by atoms with Crippen LogP contribution in [0, 0.1) is 10.1 Å². The molecule has 1 fully saturated rings. The van der Waals surface area contributed by atoms with Crippen LogP contribution in [-0.2, 0) is 0 Å². The molecule has 0 spiro atoms. The van der Waals surface area contributed by atoms with Crippen LogP contribution in [0.25, 0.3) is 0 Å². The highest BCUT2D eigenvalue weighted by atomic mass is 16.6. The zero-order valence-corrected chi connectivity index (χ0v) is 10.9. The zero-order valence-electron chi connectivity index (χ0n) is 10.9. The first-order valence-electron chi connectivity index (χ1n) is 6.45. The summed E-state index contributed by atoms with van der Waals surface area (Å²) in [5.74, 6) is 0.507. The van der Waals surface area contributed by atoms with Gasteiger partial charge in [-0.15, -0.1) is 0 Å². The molecule has 104 valence electrons. The molecule has 6 heteroatoms. The maximum atomic E-state index is 10.9. The second-order valence-corrected chi connectivity index (χ2v) is 4.68. The fourth-order valence-corrected chi connectivity index (χ4v) is 2.14. The molecule has 6 nitrogen and oxygen atoms in total. The standard InChI is InChI=1S/C13H18N2O4/c1-2-5-19-13-7-10(6-11(8-13)15(17)18)14-4-3-12(16)9-14/h6-8,12,16H,2-5,9H2,1H3/t12-/m0/s1. The smallest absolute Gasteiger partial charge is 0.275 e. The Hall–Kier alpha value is -1.82. The van der Waals surface area contributed by atoms with Gasteiger partial charge in [-0.05, 0) is 12.8 Å². The van der Waals surface area contributed by atoms with Crippen molar-refractivity contribution in [3.05, 3.63) is 28.3 Å². The number of non-ortho nitro benzene ring substituents is 1. The normalized spacial score (nSPS) is 18.6. The highest BCUT2D eigenvalue weighted by Gasteiger charge is 2.22. The van der Waals surface area contributed by atoms with Crippen molar-refractivity contribution in [2.75, 3.05) is 24.6 Å². The summed E-state index contributed by atoms with van der Waals surface area (Å²) < 4.78 is 5.48. The van der Waals surface area contributed by atoms with Gasteiger partial charge in [0.25, 0.3) is 5.69 Å². The Kier molecular flexibility index (Phi) is 4.21. The third kappa shape index (κ3) is 3.35. The van der Waals surface area contributed by atoms with Gasteiger partial charge in [-0.1, -0.05) is 6.92 Å². The average Bonchev–Trinajstić information content (AvgIpc) is 2.82. The number of aliphatic hydroxyl groups excluding tert-OH is 1. The Morgan fingerprint density at radius 1 is 1.53 bits per heavy atom. The monoisotopic (exact) mass is 266 g/mol. The number of aliphatic hydroxyl groups is 1. The quantitative estimate of drug-likeness (QED) is 0.651. The number of ether oxygens (including phenoxy) is 1. The number of nitro groups is 1. The highest BCUT2D eigenvalue weighted by molar-refractivity contribution is 5.58. The van der Waals surface area contributed by atoms with E-state index < -0.39 is 4.92 Å². The Labute approximate surface area is 111 Å². The lowest BCUT2D eigenvalue weighted by Gasteiger charge is -2.18. The molecule has 1 atom stereocenters. The molecule has 0 aliphatic carbocycles. The van der Waals surface area contributed by atoms with E-state index in [1.54, 1.807) is 6.07 Å².